The molecule has 0 bridgehead atoms. The van der Waals surface area contributed by atoms with Crippen molar-refractivity contribution in [2.45, 2.75) is 26.1 Å². The van der Waals surface area contributed by atoms with Gasteiger partial charge in [0.1, 0.15) is 0 Å². The monoisotopic (exact) mass is 381 g/mol. The number of halogens is 3. The van der Waals surface area contributed by atoms with Crippen LogP contribution in [0.1, 0.15) is 29.8 Å². The average molecular weight is 381 g/mol. The fraction of sp³-hybridized carbons (Fsp3) is 0.174. The molecule has 0 fully saturated rings. The van der Waals surface area contributed by atoms with Gasteiger partial charge in [-0.05, 0) is 60.0 Å². The molecule has 28 heavy (non-hydrogen) atoms. The fourth-order valence-corrected chi connectivity index (χ4v) is 3.05. The van der Waals surface area contributed by atoms with Crippen molar-refractivity contribution < 1.29 is 18.0 Å². The molecule has 0 heterocycles. The molecule has 1 N–H and O–H groups in total. The van der Waals surface area contributed by atoms with Gasteiger partial charge >= 0.3 is 6.18 Å². The van der Waals surface area contributed by atoms with Crippen LogP contribution in [0.25, 0.3) is 21.9 Å². The molecule has 0 aliphatic rings. The van der Waals surface area contributed by atoms with Crippen molar-refractivity contribution >= 4 is 16.7 Å². The van der Waals surface area contributed by atoms with Crippen molar-refractivity contribution in [3.05, 3.63) is 71.8 Å². The molecule has 3 aromatic rings. The predicted octanol–water partition coefficient (Wildman–Crippen LogP) is 5.67. The molecule has 0 aliphatic carbocycles. The lowest BCUT2D eigenvalue weighted by Crippen LogP contribution is -2.31. The predicted molar refractivity (Wildman–Crippen MR) is 105 cm³/mol. The number of amides is 1. The van der Waals surface area contributed by atoms with Crippen molar-refractivity contribution in [2.24, 2.45) is 0 Å². The van der Waals surface area contributed by atoms with Crippen LogP contribution in [0.4, 0.5) is 13.2 Å². The van der Waals surface area contributed by atoms with Gasteiger partial charge in [0.15, 0.2) is 0 Å². The van der Waals surface area contributed by atoms with Crippen LogP contribution in [0.5, 0.6) is 0 Å². The van der Waals surface area contributed by atoms with Crippen molar-refractivity contribution in [3.8, 4) is 23.0 Å². The second-order valence-corrected chi connectivity index (χ2v) is 6.41. The minimum Gasteiger partial charge on any atom is -0.339 e. The Labute approximate surface area is 161 Å². The van der Waals surface area contributed by atoms with Crippen LogP contribution in [0, 0.1) is 11.8 Å². The Kier molecular flexibility index (Phi) is 5.41. The molecule has 3 rings (SSSR count). The normalized spacial score (nSPS) is 12.2. The van der Waals surface area contributed by atoms with Crippen LogP contribution in [0.2, 0.25) is 0 Å². The molecule has 5 heteroatoms. The molecular formula is C23H18F3NO. The van der Waals surface area contributed by atoms with E-state index < -0.39 is 11.7 Å². The molecule has 142 valence electrons. The summed E-state index contributed by atoms with van der Waals surface area (Å²) in [7, 11) is 0. The first-order chi connectivity index (χ1) is 13.3. The van der Waals surface area contributed by atoms with Gasteiger partial charge in [-0.3, -0.25) is 4.79 Å². The summed E-state index contributed by atoms with van der Waals surface area (Å²) in [5.74, 6) is 5.40. The summed E-state index contributed by atoms with van der Waals surface area (Å²) < 4.78 is 38.4. The van der Waals surface area contributed by atoms with Crippen LogP contribution in [0.15, 0.2) is 60.7 Å². The number of carbonyl (C=O) groups is 1. The van der Waals surface area contributed by atoms with Gasteiger partial charge in [0.05, 0.1) is 11.6 Å². The highest BCUT2D eigenvalue weighted by atomic mass is 19.4. The number of hydrogen-bond donors (Lipinski definition) is 1. The van der Waals surface area contributed by atoms with E-state index in [0.29, 0.717) is 11.1 Å². The average Bonchev–Trinajstić information content (AvgIpc) is 2.66. The summed E-state index contributed by atoms with van der Waals surface area (Å²) >= 11 is 0. The minimum absolute atomic E-state index is 0.225. The van der Waals surface area contributed by atoms with Gasteiger partial charge in [-0.15, -0.1) is 5.92 Å². The van der Waals surface area contributed by atoms with Gasteiger partial charge < -0.3 is 5.32 Å². The molecule has 1 atom stereocenters. The number of benzene rings is 3. The Morgan fingerprint density at radius 3 is 2.39 bits per heavy atom. The largest absolute Gasteiger partial charge is 0.416 e. The summed E-state index contributed by atoms with van der Waals surface area (Å²) in [6.07, 6.45) is -4.36. The Hall–Kier alpha value is -3.26. The van der Waals surface area contributed by atoms with E-state index in [1.165, 1.54) is 12.1 Å². The molecule has 1 amide bonds. The number of hydrogen-bond acceptors (Lipinski definition) is 1. The maximum absolute atomic E-state index is 12.8. The summed E-state index contributed by atoms with van der Waals surface area (Å²) in [6, 6.07) is 15.6. The van der Waals surface area contributed by atoms with Gasteiger partial charge in [-0.25, -0.2) is 0 Å². The van der Waals surface area contributed by atoms with Crippen LogP contribution < -0.4 is 5.32 Å². The van der Waals surface area contributed by atoms with Crippen molar-refractivity contribution in [3.63, 3.8) is 0 Å². The second-order valence-electron chi connectivity index (χ2n) is 6.41. The molecule has 0 saturated heterocycles. The molecule has 3 aromatic carbocycles. The zero-order chi connectivity index (χ0) is 20.3. The Bertz CT molecular complexity index is 1070. The highest BCUT2D eigenvalue weighted by Gasteiger charge is 2.30. The van der Waals surface area contributed by atoms with E-state index in [0.717, 1.165) is 28.5 Å². The van der Waals surface area contributed by atoms with Crippen LogP contribution in [0.3, 0.4) is 0 Å². The van der Waals surface area contributed by atoms with E-state index in [4.69, 9.17) is 0 Å². The molecule has 0 saturated carbocycles. The van der Waals surface area contributed by atoms with Gasteiger partial charge in [0, 0.05) is 5.56 Å². The molecular weight excluding hydrogens is 363 g/mol. The molecule has 0 unspecified atom stereocenters. The number of carbonyl (C=O) groups excluding carboxylic acids is 1. The first kappa shape index (κ1) is 19.5. The number of rotatable bonds is 3. The highest BCUT2D eigenvalue weighted by Crippen LogP contribution is 2.33. The van der Waals surface area contributed by atoms with E-state index in [1.54, 1.807) is 26.0 Å². The first-order valence-corrected chi connectivity index (χ1v) is 8.73. The third-order valence-electron chi connectivity index (χ3n) is 4.37. The number of alkyl halides is 3. The van der Waals surface area contributed by atoms with E-state index in [9.17, 15) is 18.0 Å². The van der Waals surface area contributed by atoms with E-state index in [1.807, 2.05) is 24.3 Å². The molecule has 0 spiro atoms. The maximum Gasteiger partial charge on any atom is 0.416 e. The zero-order valence-corrected chi connectivity index (χ0v) is 15.4. The standard InChI is InChI=1S/C23H18F3NO/c1-3-5-15(2)27-22(28)18-10-13-21-17(14-18)6-4-7-20(21)16-8-11-19(12-9-16)23(24,25)26/h4,6-15H,1-2H3,(H,27,28)/t15-/m0/s1. The van der Waals surface area contributed by atoms with Gasteiger partial charge in [-0.1, -0.05) is 42.3 Å². The van der Waals surface area contributed by atoms with Crippen molar-refractivity contribution in [1.82, 2.24) is 5.32 Å². The van der Waals surface area contributed by atoms with Crippen LogP contribution in [-0.2, 0) is 6.18 Å². The van der Waals surface area contributed by atoms with Gasteiger partial charge in [-0.2, -0.15) is 13.2 Å². The molecule has 0 aromatic heterocycles. The number of nitrogens with one attached hydrogen (secondary N) is 1. The van der Waals surface area contributed by atoms with Crippen molar-refractivity contribution in [2.75, 3.05) is 0 Å². The van der Waals surface area contributed by atoms with Crippen LogP contribution in [-0.4, -0.2) is 11.9 Å². The molecule has 0 aliphatic heterocycles. The second kappa shape index (κ2) is 7.77. The summed E-state index contributed by atoms with van der Waals surface area (Å²) in [5.41, 5.74) is 1.31. The maximum atomic E-state index is 12.8. The van der Waals surface area contributed by atoms with Gasteiger partial charge in [0.2, 0.25) is 0 Å². The fourth-order valence-electron chi connectivity index (χ4n) is 3.05. The Morgan fingerprint density at radius 2 is 1.75 bits per heavy atom. The van der Waals surface area contributed by atoms with E-state index >= 15 is 0 Å². The smallest absolute Gasteiger partial charge is 0.339 e. The number of fused-ring (bicyclic) bond motifs is 1. The molecule has 0 radical (unpaired) electrons. The lowest BCUT2D eigenvalue weighted by molar-refractivity contribution is -0.137. The highest BCUT2D eigenvalue weighted by molar-refractivity contribution is 6.02. The topological polar surface area (TPSA) is 29.1 Å². The summed E-state index contributed by atoms with van der Waals surface area (Å²) in [4.78, 5) is 12.4. The Balaban J connectivity index is 1.95. The van der Waals surface area contributed by atoms with E-state index in [2.05, 4.69) is 17.2 Å². The van der Waals surface area contributed by atoms with Gasteiger partial charge in [0.25, 0.3) is 5.91 Å². The SMILES string of the molecule is CC#C[C@H](C)NC(=O)c1ccc2c(-c3ccc(C(F)(F)F)cc3)cccc2c1. The van der Waals surface area contributed by atoms with E-state index in [-0.39, 0.29) is 11.9 Å². The lowest BCUT2D eigenvalue weighted by Gasteiger charge is -2.12. The molecule has 2 nitrogen and oxygen atoms in total. The van der Waals surface area contributed by atoms with Crippen LogP contribution >= 0.6 is 0 Å². The summed E-state index contributed by atoms with van der Waals surface area (Å²) in [6.45, 7) is 3.51. The third-order valence-corrected chi connectivity index (χ3v) is 4.37. The first-order valence-electron chi connectivity index (χ1n) is 8.73. The summed E-state index contributed by atoms with van der Waals surface area (Å²) in [5, 5.41) is 4.50. The third kappa shape index (κ3) is 4.17. The zero-order valence-electron chi connectivity index (χ0n) is 15.4. The minimum atomic E-state index is -4.36. The van der Waals surface area contributed by atoms with Crippen molar-refractivity contribution in [1.29, 1.82) is 0 Å². The Morgan fingerprint density at radius 1 is 1.04 bits per heavy atom. The quantitative estimate of drug-likeness (QED) is 0.582. The lowest BCUT2D eigenvalue weighted by atomic mass is 9.96.